The van der Waals surface area contributed by atoms with Gasteiger partial charge in [-0.25, -0.2) is 0 Å². The summed E-state index contributed by atoms with van der Waals surface area (Å²) in [7, 11) is 0. The molecule has 0 aliphatic carbocycles. The molecule has 5 heteroatoms. The SMILES string of the molecule is O=C(CN1CCOC(CO)C1)c1cccc(Cl)c1. The number of ketones is 1. The number of carbonyl (C=O) groups is 1. The first-order valence-corrected chi connectivity index (χ1v) is 6.30. The third-order valence-electron chi connectivity index (χ3n) is 2.94. The molecular formula is C13H16ClNO3. The van der Waals surface area contributed by atoms with Crippen molar-refractivity contribution in [2.75, 3.05) is 32.8 Å². The molecule has 0 amide bonds. The average molecular weight is 270 g/mol. The summed E-state index contributed by atoms with van der Waals surface area (Å²) >= 11 is 5.86. The van der Waals surface area contributed by atoms with Gasteiger partial charge in [-0.1, -0.05) is 23.7 Å². The van der Waals surface area contributed by atoms with Crippen molar-refractivity contribution in [2.45, 2.75) is 6.10 Å². The first-order valence-electron chi connectivity index (χ1n) is 5.92. The van der Waals surface area contributed by atoms with Crippen LogP contribution in [-0.2, 0) is 4.74 Å². The summed E-state index contributed by atoms with van der Waals surface area (Å²) in [5, 5.41) is 9.61. The quantitative estimate of drug-likeness (QED) is 0.835. The van der Waals surface area contributed by atoms with E-state index < -0.39 is 0 Å². The van der Waals surface area contributed by atoms with Gasteiger partial charge in [0.25, 0.3) is 0 Å². The Morgan fingerprint density at radius 2 is 2.39 bits per heavy atom. The molecule has 0 bridgehead atoms. The first kappa shape index (κ1) is 13.5. The monoisotopic (exact) mass is 269 g/mol. The summed E-state index contributed by atoms with van der Waals surface area (Å²) in [6, 6.07) is 6.95. The van der Waals surface area contributed by atoms with E-state index in [0.29, 0.717) is 36.8 Å². The van der Waals surface area contributed by atoms with Crippen molar-refractivity contribution in [3.63, 3.8) is 0 Å². The van der Waals surface area contributed by atoms with E-state index >= 15 is 0 Å². The molecule has 0 saturated carbocycles. The molecule has 1 heterocycles. The molecule has 0 radical (unpaired) electrons. The number of ether oxygens (including phenoxy) is 1. The van der Waals surface area contributed by atoms with E-state index in [1.807, 2.05) is 4.90 Å². The first-order chi connectivity index (χ1) is 8.69. The fraction of sp³-hybridized carbons (Fsp3) is 0.462. The zero-order valence-corrected chi connectivity index (χ0v) is 10.8. The van der Waals surface area contributed by atoms with Gasteiger partial charge in [0, 0.05) is 23.7 Å². The van der Waals surface area contributed by atoms with E-state index in [1.54, 1.807) is 24.3 Å². The van der Waals surface area contributed by atoms with Gasteiger partial charge in [-0.05, 0) is 12.1 Å². The Bertz CT molecular complexity index is 424. The molecule has 0 aromatic heterocycles. The van der Waals surface area contributed by atoms with Crippen LogP contribution in [-0.4, -0.2) is 54.7 Å². The summed E-state index contributed by atoms with van der Waals surface area (Å²) in [5.74, 6) is 0.0380. The fourth-order valence-corrected chi connectivity index (χ4v) is 2.18. The standard InChI is InChI=1S/C13H16ClNO3/c14-11-3-1-2-10(6-11)13(17)8-15-4-5-18-12(7-15)9-16/h1-3,6,12,16H,4-5,7-9H2. The predicted molar refractivity (Wildman–Crippen MR) is 69.0 cm³/mol. The largest absolute Gasteiger partial charge is 0.394 e. The molecule has 1 aliphatic heterocycles. The summed E-state index contributed by atoms with van der Waals surface area (Å²) in [6.45, 7) is 2.17. The Balaban J connectivity index is 1.95. The highest BCUT2D eigenvalue weighted by atomic mass is 35.5. The highest BCUT2D eigenvalue weighted by Crippen LogP contribution is 2.12. The average Bonchev–Trinajstić information content (AvgIpc) is 2.39. The molecule has 1 atom stereocenters. The maximum absolute atomic E-state index is 12.1. The third-order valence-corrected chi connectivity index (χ3v) is 3.18. The zero-order chi connectivity index (χ0) is 13.0. The van der Waals surface area contributed by atoms with Gasteiger partial charge in [-0.2, -0.15) is 0 Å². The Morgan fingerprint density at radius 1 is 1.56 bits per heavy atom. The van der Waals surface area contributed by atoms with E-state index in [-0.39, 0.29) is 18.5 Å². The summed E-state index contributed by atoms with van der Waals surface area (Å²) in [4.78, 5) is 14.1. The number of Topliss-reactive ketones (excluding diaryl/α,β-unsaturated/α-hetero) is 1. The van der Waals surface area contributed by atoms with E-state index in [9.17, 15) is 4.79 Å². The van der Waals surface area contributed by atoms with E-state index in [4.69, 9.17) is 21.4 Å². The molecule has 1 N–H and O–H groups in total. The number of rotatable bonds is 4. The van der Waals surface area contributed by atoms with Gasteiger partial charge in [-0.15, -0.1) is 0 Å². The number of hydrogen-bond acceptors (Lipinski definition) is 4. The van der Waals surface area contributed by atoms with Crippen LogP contribution in [0.15, 0.2) is 24.3 Å². The van der Waals surface area contributed by atoms with Crippen LogP contribution >= 0.6 is 11.6 Å². The molecule has 98 valence electrons. The summed E-state index contributed by atoms with van der Waals surface area (Å²) < 4.78 is 5.34. The Kier molecular flexibility index (Phi) is 4.72. The smallest absolute Gasteiger partial charge is 0.176 e. The maximum atomic E-state index is 12.1. The minimum Gasteiger partial charge on any atom is -0.394 e. The van der Waals surface area contributed by atoms with E-state index in [2.05, 4.69) is 0 Å². The molecule has 0 spiro atoms. The second-order valence-electron chi connectivity index (χ2n) is 4.34. The lowest BCUT2D eigenvalue weighted by atomic mass is 10.1. The van der Waals surface area contributed by atoms with Crippen molar-refractivity contribution < 1.29 is 14.6 Å². The number of aliphatic hydroxyl groups is 1. The number of carbonyl (C=O) groups excluding carboxylic acids is 1. The topological polar surface area (TPSA) is 49.8 Å². The molecule has 1 fully saturated rings. The van der Waals surface area contributed by atoms with E-state index in [0.717, 1.165) is 0 Å². The third kappa shape index (κ3) is 3.53. The number of nitrogens with zero attached hydrogens (tertiary/aromatic N) is 1. The van der Waals surface area contributed by atoms with Gasteiger partial charge >= 0.3 is 0 Å². The normalized spacial score (nSPS) is 20.9. The second kappa shape index (κ2) is 6.29. The molecule has 1 aromatic carbocycles. The predicted octanol–water partition coefficient (Wildman–Crippen LogP) is 1.22. The van der Waals surface area contributed by atoms with Crippen LogP contribution in [0.3, 0.4) is 0 Å². The van der Waals surface area contributed by atoms with Crippen molar-refractivity contribution >= 4 is 17.4 Å². The number of halogens is 1. The van der Waals surface area contributed by atoms with Gasteiger partial charge in [0.1, 0.15) is 0 Å². The molecule has 1 unspecified atom stereocenters. The van der Waals surface area contributed by atoms with Crippen LogP contribution in [0.5, 0.6) is 0 Å². The molecule has 1 saturated heterocycles. The number of benzene rings is 1. The van der Waals surface area contributed by atoms with Crippen molar-refractivity contribution in [3.05, 3.63) is 34.9 Å². The van der Waals surface area contributed by atoms with Crippen LogP contribution in [0.2, 0.25) is 5.02 Å². The lowest BCUT2D eigenvalue weighted by Crippen LogP contribution is -2.45. The highest BCUT2D eigenvalue weighted by molar-refractivity contribution is 6.31. The molecular weight excluding hydrogens is 254 g/mol. The van der Waals surface area contributed by atoms with E-state index in [1.165, 1.54) is 0 Å². The van der Waals surface area contributed by atoms with Gasteiger partial charge in [-0.3, -0.25) is 9.69 Å². The molecule has 1 aromatic rings. The zero-order valence-electron chi connectivity index (χ0n) is 10.0. The van der Waals surface area contributed by atoms with Crippen LogP contribution in [0.1, 0.15) is 10.4 Å². The van der Waals surface area contributed by atoms with Crippen LogP contribution in [0, 0.1) is 0 Å². The van der Waals surface area contributed by atoms with Crippen molar-refractivity contribution in [3.8, 4) is 0 Å². The van der Waals surface area contributed by atoms with Gasteiger partial charge in [0.05, 0.1) is 25.9 Å². The molecule has 2 rings (SSSR count). The molecule has 1 aliphatic rings. The lowest BCUT2D eigenvalue weighted by molar-refractivity contribution is -0.0503. The van der Waals surface area contributed by atoms with Crippen LogP contribution in [0.4, 0.5) is 0 Å². The Morgan fingerprint density at radius 3 is 3.11 bits per heavy atom. The molecule has 18 heavy (non-hydrogen) atoms. The van der Waals surface area contributed by atoms with Crippen molar-refractivity contribution in [1.82, 2.24) is 4.90 Å². The number of aliphatic hydroxyl groups excluding tert-OH is 1. The maximum Gasteiger partial charge on any atom is 0.176 e. The van der Waals surface area contributed by atoms with Crippen molar-refractivity contribution in [2.24, 2.45) is 0 Å². The minimum absolute atomic E-state index is 0.0120. The highest BCUT2D eigenvalue weighted by Gasteiger charge is 2.21. The Hall–Kier alpha value is -0.940. The van der Waals surface area contributed by atoms with Crippen LogP contribution < -0.4 is 0 Å². The minimum atomic E-state index is -0.189. The second-order valence-corrected chi connectivity index (χ2v) is 4.78. The summed E-state index contributed by atoms with van der Waals surface area (Å²) in [5.41, 5.74) is 0.620. The number of morpholine rings is 1. The fourth-order valence-electron chi connectivity index (χ4n) is 1.99. The number of hydrogen-bond donors (Lipinski definition) is 1. The Labute approximate surface area is 111 Å². The summed E-state index contributed by atoms with van der Waals surface area (Å²) in [6.07, 6.45) is -0.189. The van der Waals surface area contributed by atoms with Crippen molar-refractivity contribution in [1.29, 1.82) is 0 Å². The van der Waals surface area contributed by atoms with Gasteiger partial charge in [0.2, 0.25) is 0 Å². The lowest BCUT2D eigenvalue weighted by Gasteiger charge is -2.31. The van der Waals surface area contributed by atoms with Crippen LogP contribution in [0.25, 0.3) is 0 Å². The van der Waals surface area contributed by atoms with Gasteiger partial charge < -0.3 is 9.84 Å². The molecule has 4 nitrogen and oxygen atoms in total. The van der Waals surface area contributed by atoms with Gasteiger partial charge in [0.15, 0.2) is 5.78 Å².